The molecular formula is C16H27N3O. The topological polar surface area (TPSA) is 53.1 Å². The molecule has 2 atom stereocenters. The van der Waals surface area contributed by atoms with Gasteiger partial charge in [-0.1, -0.05) is 19.3 Å². The number of nitrogens with two attached hydrogens (primary N) is 1. The molecule has 2 aliphatic rings. The van der Waals surface area contributed by atoms with Gasteiger partial charge in [0.15, 0.2) is 0 Å². The van der Waals surface area contributed by atoms with Gasteiger partial charge in [0.1, 0.15) is 0 Å². The summed E-state index contributed by atoms with van der Waals surface area (Å²) in [5, 5.41) is 0. The van der Waals surface area contributed by atoms with Crippen molar-refractivity contribution in [2.75, 3.05) is 0 Å². The maximum atomic E-state index is 6.41. The Balaban J connectivity index is 1.55. The summed E-state index contributed by atoms with van der Waals surface area (Å²) in [7, 11) is 0. The average molecular weight is 277 g/mol. The van der Waals surface area contributed by atoms with Crippen molar-refractivity contribution in [3.05, 3.63) is 18.2 Å². The first-order chi connectivity index (χ1) is 9.65. The Hall–Kier alpha value is -0.870. The third-order valence-electron chi connectivity index (χ3n) is 4.74. The number of hydrogen-bond donors (Lipinski definition) is 1. The van der Waals surface area contributed by atoms with Gasteiger partial charge in [0.05, 0.1) is 23.7 Å². The zero-order valence-corrected chi connectivity index (χ0v) is 12.6. The van der Waals surface area contributed by atoms with Crippen LogP contribution >= 0.6 is 0 Å². The van der Waals surface area contributed by atoms with Gasteiger partial charge in [0.2, 0.25) is 0 Å². The highest BCUT2D eigenvalue weighted by Gasteiger charge is 2.40. The highest BCUT2D eigenvalue weighted by Crippen LogP contribution is 2.42. The van der Waals surface area contributed by atoms with Crippen LogP contribution in [0.5, 0.6) is 0 Å². The first kappa shape index (κ1) is 14.1. The van der Waals surface area contributed by atoms with Crippen molar-refractivity contribution in [3.63, 3.8) is 0 Å². The van der Waals surface area contributed by atoms with E-state index >= 15 is 0 Å². The van der Waals surface area contributed by atoms with Crippen LogP contribution in [0.4, 0.5) is 0 Å². The van der Waals surface area contributed by atoms with E-state index in [1.165, 1.54) is 44.9 Å². The number of imidazole rings is 1. The van der Waals surface area contributed by atoms with Crippen LogP contribution in [-0.2, 0) is 17.7 Å². The largest absolute Gasteiger partial charge is 0.370 e. The van der Waals surface area contributed by atoms with Crippen molar-refractivity contribution in [2.24, 2.45) is 5.73 Å². The van der Waals surface area contributed by atoms with Crippen molar-refractivity contribution in [2.45, 2.75) is 82.6 Å². The lowest BCUT2D eigenvalue weighted by molar-refractivity contribution is -0.0679. The molecule has 0 amide bonds. The van der Waals surface area contributed by atoms with Crippen LogP contribution in [-0.4, -0.2) is 27.3 Å². The van der Waals surface area contributed by atoms with Crippen LogP contribution < -0.4 is 5.73 Å². The van der Waals surface area contributed by atoms with Gasteiger partial charge in [-0.15, -0.1) is 0 Å². The number of rotatable bonds is 4. The standard InChI is InChI=1S/C16H27N3O/c1-13(17)9-14-10-19(12-18-14)11-15-5-8-16(20-15)6-3-2-4-7-16/h10,12-13,15H,2-9,11,17H2,1H3. The van der Waals surface area contributed by atoms with Crippen molar-refractivity contribution in [1.82, 2.24) is 9.55 Å². The summed E-state index contributed by atoms with van der Waals surface area (Å²) >= 11 is 0. The van der Waals surface area contributed by atoms with E-state index < -0.39 is 0 Å². The third kappa shape index (κ3) is 3.23. The number of nitrogens with zero attached hydrogens (tertiary/aromatic N) is 2. The number of aromatic nitrogens is 2. The van der Waals surface area contributed by atoms with Gasteiger partial charge in [-0.2, -0.15) is 0 Å². The predicted octanol–water partition coefficient (Wildman–Crippen LogP) is 2.65. The minimum absolute atomic E-state index is 0.173. The van der Waals surface area contributed by atoms with E-state index in [0.717, 1.165) is 18.7 Å². The Morgan fingerprint density at radius 2 is 2.20 bits per heavy atom. The molecule has 1 saturated heterocycles. The Bertz CT molecular complexity index is 435. The third-order valence-corrected chi connectivity index (χ3v) is 4.74. The summed E-state index contributed by atoms with van der Waals surface area (Å²) in [4.78, 5) is 4.43. The molecule has 0 radical (unpaired) electrons. The summed E-state index contributed by atoms with van der Waals surface area (Å²) in [6.07, 6.45) is 14.3. The highest BCUT2D eigenvalue weighted by atomic mass is 16.5. The average Bonchev–Trinajstić information content (AvgIpc) is 2.99. The summed E-state index contributed by atoms with van der Waals surface area (Å²) in [6, 6.07) is 0.173. The van der Waals surface area contributed by atoms with Gasteiger partial charge in [-0.25, -0.2) is 4.98 Å². The maximum Gasteiger partial charge on any atom is 0.0950 e. The van der Waals surface area contributed by atoms with Gasteiger partial charge in [-0.05, 0) is 32.6 Å². The molecule has 1 spiro atoms. The molecule has 2 N–H and O–H groups in total. The van der Waals surface area contributed by atoms with Gasteiger partial charge in [-0.3, -0.25) is 0 Å². The smallest absolute Gasteiger partial charge is 0.0950 e. The first-order valence-electron chi connectivity index (χ1n) is 8.09. The molecule has 4 heteroatoms. The quantitative estimate of drug-likeness (QED) is 0.920. The fourth-order valence-corrected chi connectivity index (χ4v) is 3.76. The van der Waals surface area contributed by atoms with E-state index in [4.69, 9.17) is 10.5 Å². The summed E-state index contributed by atoms with van der Waals surface area (Å²) in [5.41, 5.74) is 7.13. The molecular weight excluding hydrogens is 250 g/mol. The summed E-state index contributed by atoms with van der Waals surface area (Å²) in [5.74, 6) is 0. The number of hydrogen-bond acceptors (Lipinski definition) is 3. The Morgan fingerprint density at radius 3 is 2.95 bits per heavy atom. The van der Waals surface area contributed by atoms with E-state index in [0.29, 0.717) is 6.10 Å². The first-order valence-corrected chi connectivity index (χ1v) is 8.09. The molecule has 1 aromatic rings. The summed E-state index contributed by atoms with van der Waals surface area (Å²) < 4.78 is 8.58. The molecule has 1 aromatic heterocycles. The van der Waals surface area contributed by atoms with E-state index in [1.54, 1.807) is 0 Å². The van der Waals surface area contributed by atoms with Crippen LogP contribution in [0, 0.1) is 0 Å². The molecule has 2 unspecified atom stereocenters. The fraction of sp³-hybridized carbons (Fsp3) is 0.812. The van der Waals surface area contributed by atoms with Gasteiger partial charge < -0.3 is 15.0 Å². The SMILES string of the molecule is CC(N)Cc1cn(CC2CCC3(CCCCC3)O2)cn1. The second kappa shape index (κ2) is 5.86. The number of ether oxygens (including phenoxy) is 1. The molecule has 0 aromatic carbocycles. The highest BCUT2D eigenvalue weighted by molar-refractivity contribution is 4.99. The van der Waals surface area contributed by atoms with Gasteiger partial charge in [0, 0.05) is 25.2 Å². The minimum atomic E-state index is 0.173. The Kier molecular flexibility index (Phi) is 4.13. The Morgan fingerprint density at radius 1 is 1.40 bits per heavy atom. The lowest BCUT2D eigenvalue weighted by atomic mass is 9.83. The van der Waals surface area contributed by atoms with Crippen LogP contribution in [0.15, 0.2) is 12.5 Å². The molecule has 0 bridgehead atoms. The van der Waals surface area contributed by atoms with Crippen molar-refractivity contribution < 1.29 is 4.74 Å². The molecule has 2 heterocycles. The molecule has 1 aliphatic carbocycles. The van der Waals surface area contributed by atoms with Crippen LogP contribution in [0.1, 0.15) is 57.6 Å². The molecule has 4 nitrogen and oxygen atoms in total. The maximum absolute atomic E-state index is 6.41. The minimum Gasteiger partial charge on any atom is -0.370 e. The second-order valence-corrected chi connectivity index (χ2v) is 6.77. The second-order valence-electron chi connectivity index (χ2n) is 6.77. The predicted molar refractivity (Wildman–Crippen MR) is 79.5 cm³/mol. The van der Waals surface area contributed by atoms with Crippen molar-refractivity contribution in [1.29, 1.82) is 0 Å². The zero-order chi connectivity index (χ0) is 14.0. The monoisotopic (exact) mass is 277 g/mol. The molecule has 1 saturated carbocycles. The lowest BCUT2D eigenvalue weighted by Crippen LogP contribution is -2.32. The van der Waals surface area contributed by atoms with Crippen LogP contribution in [0.25, 0.3) is 0 Å². The van der Waals surface area contributed by atoms with E-state index in [-0.39, 0.29) is 11.6 Å². The molecule has 112 valence electrons. The normalized spacial score (nSPS) is 27.0. The van der Waals surface area contributed by atoms with Gasteiger partial charge >= 0.3 is 0 Å². The fourth-order valence-electron chi connectivity index (χ4n) is 3.76. The Labute approximate surface area is 121 Å². The molecule has 20 heavy (non-hydrogen) atoms. The van der Waals surface area contributed by atoms with Crippen molar-refractivity contribution in [3.8, 4) is 0 Å². The van der Waals surface area contributed by atoms with E-state index in [9.17, 15) is 0 Å². The molecule has 3 rings (SSSR count). The molecule has 1 aliphatic heterocycles. The lowest BCUT2D eigenvalue weighted by Gasteiger charge is -2.33. The summed E-state index contributed by atoms with van der Waals surface area (Å²) in [6.45, 7) is 2.96. The van der Waals surface area contributed by atoms with Crippen molar-refractivity contribution >= 4 is 0 Å². The molecule has 2 fully saturated rings. The van der Waals surface area contributed by atoms with Gasteiger partial charge in [0.25, 0.3) is 0 Å². The van der Waals surface area contributed by atoms with Crippen LogP contribution in [0.3, 0.4) is 0 Å². The van der Waals surface area contributed by atoms with Crippen LogP contribution in [0.2, 0.25) is 0 Å². The zero-order valence-electron chi connectivity index (χ0n) is 12.6. The van der Waals surface area contributed by atoms with E-state index in [2.05, 4.69) is 15.7 Å². The van der Waals surface area contributed by atoms with E-state index in [1.807, 2.05) is 13.3 Å².